The summed E-state index contributed by atoms with van der Waals surface area (Å²) in [6.45, 7) is 0.396. The van der Waals surface area contributed by atoms with E-state index < -0.39 is 11.4 Å². The minimum absolute atomic E-state index is 0.139. The van der Waals surface area contributed by atoms with Crippen molar-refractivity contribution < 1.29 is 4.39 Å². The lowest BCUT2D eigenvalue weighted by molar-refractivity contribution is 0.603. The first-order valence-corrected chi connectivity index (χ1v) is 5.69. The SMILES string of the molecule is O=c1[nH]c(Cl)nc(NCc2ccsc2)c1F. The summed E-state index contributed by atoms with van der Waals surface area (Å²) in [5.41, 5.74) is 0.107. The number of aromatic amines is 1. The first-order valence-electron chi connectivity index (χ1n) is 4.37. The molecule has 7 heteroatoms. The van der Waals surface area contributed by atoms with E-state index >= 15 is 0 Å². The van der Waals surface area contributed by atoms with Crippen molar-refractivity contribution in [2.75, 3.05) is 5.32 Å². The van der Waals surface area contributed by atoms with Gasteiger partial charge in [0, 0.05) is 6.54 Å². The van der Waals surface area contributed by atoms with Gasteiger partial charge in [-0.3, -0.25) is 9.78 Å². The van der Waals surface area contributed by atoms with Crippen molar-refractivity contribution >= 4 is 28.8 Å². The van der Waals surface area contributed by atoms with Crippen molar-refractivity contribution in [2.45, 2.75) is 6.54 Å². The average Bonchev–Trinajstić information content (AvgIpc) is 2.74. The van der Waals surface area contributed by atoms with Crippen LogP contribution in [0.25, 0.3) is 0 Å². The molecule has 0 aromatic carbocycles. The number of halogens is 2. The Kier molecular flexibility index (Phi) is 3.21. The van der Waals surface area contributed by atoms with E-state index in [4.69, 9.17) is 11.6 Å². The zero-order valence-corrected chi connectivity index (χ0v) is 9.53. The van der Waals surface area contributed by atoms with Gasteiger partial charge in [-0.2, -0.15) is 20.7 Å². The molecule has 0 aliphatic carbocycles. The Labute approximate surface area is 99.1 Å². The lowest BCUT2D eigenvalue weighted by Gasteiger charge is -2.04. The van der Waals surface area contributed by atoms with Gasteiger partial charge in [0.1, 0.15) is 0 Å². The van der Waals surface area contributed by atoms with Crippen LogP contribution in [0.2, 0.25) is 5.28 Å². The maximum Gasteiger partial charge on any atom is 0.290 e. The number of nitrogens with zero attached hydrogens (tertiary/aromatic N) is 1. The van der Waals surface area contributed by atoms with Gasteiger partial charge >= 0.3 is 0 Å². The number of aromatic nitrogens is 2. The fraction of sp³-hybridized carbons (Fsp3) is 0.111. The van der Waals surface area contributed by atoms with Gasteiger partial charge in [-0.25, -0.2) is 0 Å². The smallest absolute Gasteiger partial charge is 0.290 e. The molecule has 0 spiro atoms. The van der Waals surface area contributed by atoms with E-state index in [1.165, 1.54) is 11.3 Å². The molecule has 0 saturated heterocycles. The number of nitrogens with one attached hydrogen (secondary N) is 2. The largest absolute Gasteiger partial charge is 0.363 e. The third-order valence-corrected chi connectivity index (χ3v) is 2.79. The summed E-state index contributed by atoms with van der Waals surface area (Å²) in [4.78, 5) is 16.7. The van der Waals surface area contributed by atoms with Gasteiger partial charge in [0.05, 0.1) is 0 Å². The van der Waals surface area contributed by atoms with Crippen LogP contribution in [0.4, 0.5) is 10.2 Å². The van der Waals surface area contributed by atoms with Crippen LogP contribution in [0.3, 0.4) is 0 Å². The van der Waals surface area contributed by atoms with E-state index in [2.05, 4.69) is 15.3 Å². The fourth-order valence-corrected chi connectivity index (χ4v) is 1.97. The van der Waals surface area contributed by atoms with E-state index in [0.717, 1.165) is 5.56 Å². The third kappa shape index (κ3) is 2.40. The molecule has 0 unspecified atom stereocenters. The number of thiophene rings is 1. The lowest BCUT2D eigenvalue weighted by Crippen LogP contribution is -2.16. The van der Waals surface area contributed by atoms with Crippen LogP contribution < -0.4 is 10.9 Å². The number of hydrogen-bond donors (Lipinski definition) is 2. The van der Waals surface area contributed by atoms with Crippen molar-refractivity contribution in [2.24, 2.45) is 0 Å². The number of hydrogen-bond acceptors (Lipinski definition) is 4. The number of rotatable bonds is 3. The summed E-state index contributed by atoms with van der Waals surface area (Å²) in [6.07, 6.45) is 0. The summed E-state index contributed by atoms with van der Waals surface area (Å²) in [5, 5.41) is 6.40. The number of H-pyrrole nitrogens is 1. The zero-order valence-electron chi connectivity index (χ0n) is 7.96. The molecule has 84 valence electrons. The van der Waals surface area contributed by atoms with E-state index in [9.17, 15) is 9.18 Å². The molecule has 0 fully saturated rings. The Hall–Kier alpha value is -1.40. The quantitative estimate of drug-likeness (QED) is 0.831. The molecule has 0 atom stereocenters. The molecule has 2 N–H and O–H groups in total. The first kappa shape index (κ1) is 11.1. The molecule has 2 heterocycles. The molecule has 0 radical (unpaired) electrons. The molecule has 0 aliphatic heterocycles. The molecular weight excluding hydrogens is 253 g/mol. The van der Waals surface area contributed by atoms with Crippen LogP contribution in [-0.2, 0) is 6.54 Å². The molecule has 0 bridgehead atoms. The molecule has 2 aromatic rings. The molecule has 0 saturated carbocycles. The standard InChI is InChI=1S/C9H7ClFN3OS/c10-9-13-7(6(11)8(15)14-9)12-3-5-1-2-16-4-5/h1-2,4H,3H2,(H2,12,13,14,15). The molecule has 4 nitrogen and oxygen atoms in total. The summed E-state index contributed by atoms with van der Waals surface area (Å²) < 4.78 is 13.3. The van der Waals surface area contributed by atoms with Gasteiger partial charge in [-0.05, 0) is 34.0 Å². The Morgan fingerprint density at radius 2 is 2.44 bits per heavy atom. The van der Waals surface area contributed by atoms with Crippen molar-refractivity contribution in [1.82, 2.24) is 9.97 Å². The number of anilines is 1. The van der Waals surface area contributed by atoms with Crippen LogP contribution in [0.15, 0.2) is 21.6 Å². The van der Waals surface area contributed by atoms with Crippen molar-refractivity contribution in [1.29, 1.82) is 0 Å². The minimum atomic E-state index is -0.959. The van der Waals surface area contributed by atoms with Gasteiger partial charge in [0.2, 0.25) is 11.1 Å². The summed E-state index contributed by atoms with van der Waals surface area (Å²) >= 11 is 7.05. The monoisotopic (exact) mass is 259 g/mol. The summed E-state index contributed by atoms with van der Waals surface area (Å²) in [7, 11) is 0. The predicted octanol–water partition coefficient (Wildman–Crippen LogP) is 2.24. The Bertz CT molecular complexity index is 540. The first-order chi connectivity index (χ1) is 7.66. The Balaban J connectivity index is 2.18. The second kappa shape index (κ2) is 4.63. The summed E-state index contributed by atoms with van der Waals surface area (Å²) in [5.74, 6) is -1.10. The molecule has 2 aromatic heterocycles. The second-order valence-corrected chi connectivity index (χ2v) is 4.14. The normalized spacial score (nSPS) is 10.4. The van der Waals surface area contributed by atoms with Crippen LogP contribution in [0, 0.1) is 5.82 Å². The lowest BCUT2D eigenvalue weighted by atomic mass is 10.3. The molecule has 0 aliphatic rings. The third-order valence-electron chi connectivity index (χ3n) is 1.87. The maximum atomic E-state index is 13.3. The maximum absolute atomic E-state index is 13.3. The molecule has 0 amide bonds. The zero-order chi connectivity index (χ0) is 11.5. The average molecular weight is 260 g/mol. The van der Waals surface area contributed by atoms with Crippen molar-refractivity contribution in [3.63, 3.8) is 0 Å². The van der Waals surface area contributed by atoms with Gasteiger partial charge in [-0.15, -0.1) is 0 Å². The highest BCUT2D eigenvalue weighted by Crippen LogP contribution is 2.12. The minimum Gasteiger partial charge on any atom is -0.363 e. The second-order valence-electron chi connectivity index (χ2n) is 3.00. The fourth-order valence-electron chi connectivity index (χ4n) is 1.13. The highest BCUT2D eigenvalue weighted by molar-refractivity contribution is 7.07. The highest BCUT2D eigenvalue weighted by Gasteiger charge is 2.09. The summed E-state index contributed by atoms with van der Waals surface area (Å²) in [6, 6.07) is 1.89. The molecular formula is C9H7ClFN3OS. The van der Waals surface area contributed by atoms with Gasteiger partial charge in [0.25, 0.3) is 5.56 Å². The van der Waals surface area contributed by atoms with Crippen LogP contribution in [0.1, 0.15) is 5.56 Å². The molecule has 16 heavy (non-hydrogen) atoms. The van der Waals surface area contributed by atoms with Crippen molar-refractivity contribution in [3.8, 4) is 0 Å². The van der Waals surface area contributed by atoms with Crippen LogP contribution >= 0.6 is 22.9 Å². The van der Waals surface area contributed by atoms with E-state index in [-0.39, 0.29) is 11.1 Å². The topological polar surface area (TPSA) is 57.8 Å². The van der Waals surface area contributed by atoms with Gasteiger partial charge < -0.3 is 5.32 Å². The Morgan fingerprint density at radius 3 is 3.12 bits per heavy atom. The predicted molar refractivity (Wildman–Crippen MR) is 61.5 cm³/mol. The van der Waals surface area contributed by atoms with E-state index in [0.29, 0.717) is 6.54 Å². The molecule has 2 rings (SSSR count). The van der Waals surface area contributed by atoms with Crippen molar-refractivity contribution in [3.05, 3.63) is 43.8 Å². The Morgan fingerprint density at radius 1 is 1.62 bits per heavy atom. The van der Waals surface area contributed by atoms with Gasteiger partial charge in [0.15, 0.2) is 5.82 Å². The van der Waals surface area contributed by atoms with Crippen LogP contribution in [-0.4, -0.2) is 9.97 Å². The van der Waals surface area contributed by atoms with Gasteiger partial charge in [-0.1, -0.05) is 0 Å². The van der Waals surface area contributed by atoms with Crippen LogP contribution in [0.5, 0.6) is 0 Å². The highest BCUT2D eigenvalue weighted by atomic mass is 35.5. The van der Waals surface area contributed by atoms with E-state index in [1.54, 1.807) is 0 Å². The van der Waals surface area contributed by atoms with E-state index in [1.807, 2.05) is 16.8 Å².